The first-order chi connectivity index (χ1) is 17.9. The molecule has 0 saturated carbocycles. The fourth-order valence-corrected chi connectivity index (χ4v) is 4.79. The van der Waals surface area contributed by atoms with Crippen LogP contribution in [0.4, 0.5) is 11.8 Å². The molecule has 2 aromatic heterocycles. The molecule has 0 fully saturated rings. The molecule has 4 aromatic rings. The Morgan fingerprint density at radius 1 is 1.03 bits per heavy atom. The van der Waals surface area contributed by atoms with Crippen molar-refractivity contribution in [1.82, 2.24) is 19.9 Å². The van der Waals surface area contributed by atoms with Gasteiger partial charge in [-0.3, -0.25) is 4.98 Å². The Kier molecular flexibility index (Phi) is 8.56. The van der Waals surface area contributed by atoms with Crippen molar-refractivity contribution in [3.8, 4) is 11.1 Å². The van der Waals surface area contributed by atoms with Gasteiger partial charge in [-0.2, -0.15) is 4.98 Å². The van der Waals surface area contributed by atoms with Crippen LogP contribution in [0.15, 0.2) is 48.7 Å². The monoisotopic (exact) mass is 500 g/mol. The summed E-state index contributed by atoms with van der Waals surface area (Å²) in [5, 5.41) is 15.9. The van der Waals surface area contributed by atoms with E-state index in [0.717, 1.165) is 43.5 Å². The van der Waals surface area contributed by atoms with E-state index in [2.05, 4.69) is 77.5 Å². The van der Waals surface area contributed by atoms with E-state index in [1.165, 1.54) is 29.2 Å². The third kappa shape index (κ3) is 6.35. The first-order valence-corrected chi connectivity index (χ1v) is 13.4. The van der Waals surface area contributed by atoms with E-state index >= 15 is 0 Å². The molecular weight excluding hydrogens is 460 g/mol. The second-order valence-electron chi connectivity index (χ2n) is 10.4. The van der Waals surface area contributed by atoms with E-state index in [1.807, 2.05) is 19.2 Å². The van der Waals surface area contributed by atoms with Gasteiger partial charge in [0.15, 0.2) is 5.82 Å². The van der Waals surface area contributed by atoms with Gasteiger partial charge in [0, 0.05) is 18.3 Å². The maximum absolute atomic E-state index is 10.1. The lowest BCUT2D eigenvalue weighted by atomic mass is 9.95. The fourth-order valence-electron chi connectivity index (χ4n) is 4.79. The molecule has 4 N–H and O–H groups in total. The molecule has 4 rings (SSSR count). The predicted octanol–water partition coefficient (Wildman–Crippen LogP) is 6.01. The standard InChI is InChI=1S/C30H40N6O/c1-5-7-13-30(3,20-37)35-28-27-26(33-29(31)34-28)17-23(18-32-27)25-16-22-12-10-9-11-21(22)15-24(25)19-36(4)14-8-6-2/h9-12,15-18,37H,5-8,13-14,19-20H2,1-4H3,(H3,31,33,34,35)/t30-/m1/s1. The second-order valence-corrected chi connectivity index (χ2v) is 10.4. The Labute approximate surface area is 220 Å². The van der Waals surface area contributed by atoms with Gasteiger partial charge in [-0.25, -0.2) is 4.98 Å². The van der Waals surface area contributed by atoms with Crippen LogP contribution in [-0.4, -0.2) is 50.7 Å². The van der Waals surface area contributed by atoms with Gasteiger partial charge in [0.2, 0.25) is 5.95 Å². The maximum Gasteiger partial charge on any atom is 0.222 e. The number of aliphatic hydroxyl groups is 1. The molecule has 7 nitrogen and oxygen atoms in total. The normalized spacial score (nSPS) is 13.4. The Morgan fingerprint density at radius 2 is 1.76 bits per heavy atom. The molecule has 0 saturated heterocycles. The molecule has 196 valence electrons. The number of hydrogen-bond donors (Lipinski definition) is 3. The molecule has 0 radical (unpaired) electrons. The highest BCUT2D eigenvalue weighted by Gasteiger charge is 2.25. The number of rotatable bonds is 12. The minimum atomic E-state index is -0.515. The highest BCUT2D eigenvalue weighted by Crippen LogP contribution is 2.33. The third-order valence-electron chi connectivity index (χ3n) is 7.02. The minimum absolute atomic E-state index is 0.0114. The highest BCUT2D eigenvalue weighted by molar-refractivity contribution is 5.93. The van der Waals surface area contributed by atoms with E-state index in [-0.39, 0.29) is 12.6 Å². The molecule has 0 aliphatic carbocycles. The van der Waals surface area contributed by atoms with Gasteiger partial charge in [-0.15, -0.1) is 0 Å². The first kappa shape index (κ1) is 26.8. The van der Waals surface area contributed by atoms with E-state index in [0.29, 0.717) is 16.9 Å². The summed E-state index contributed by atoms with van der Waals surface area (Å²) < 4.78 is 0. The number of nitrogens with one attached hydrogen (secondary N) is 1. The topological polar surface area (TPSA) is 100 Å². The molecule has 37 heavy (non-hydrogen) atoms. The lowest BCUT2D eigenvalue weighted by Crippen LogP contribution is -2.39. The molecule has 0 aliphatic rings. The lowest BCUT2D eigenvalue weighted by molar-refractivity contribution is 0.212. The van der Waals surface area contributed by atoms with Crippen LogP contribution in [0.1, 0.15) is 58.4 Å². The number of aliphatic hydroxyl groups excluding tert-OH is 1. The minimum Gasteiger partial charge on any atom is -0.394 e. The van der Waals surface area contributed by atoms with Crippen LogP contribution in [0, 0.1) is 0 Å². The number of anilines is 2. The smallest absolute Gasteiger partial charge is 0.222 e. The largest absolute Gasteiger partial charge is 0.394 e. The molecule has 0 aliphatic heterocycles. The van der Waals surface area contributed by atoms with Gasteiger partial charge in [0.25, 0.3) is 0 Å². The molecule has 2 aromatic carbocycles. The van der Waals surface area contributed by atoms with Crippen LogP contribution in [0.3, 0.4) is 0 Å². The Morgan fingerprint density at radius 3 is 2.46 bits per heavy atom. The number of nitrogens with two attached hydrogens (primary N) is 1. The fraction of sp³-hybridized carbons (Fsp3) is 0.433. The summed E-state index contributed by atoms with van der Waals surface area (Å²) in [5.74, 6) is 0.738. The van der Waals surface area contributed by atoms with E-state index in [1.54, 1.807) is 0 Å². The van der Waals surface area contributed by atoms with Crippen molar-refractivity contribution in [2.45, 2.75) is 65.0 Å². The molecule has 0 amide bonds. The van der Waals surface area contributed by atoms with Crippen LogP contribution in [0.5, 0.6) is 0 Å². The number of aromatic nitrogens is 3. The van der Waals surface area contributed by atoms with Crippen molar-refractivity contribution < 1.29 is 5.11 Å². The van der Waals surface area contributed by atoms with Gasteiger partial charge in [-0.05, 0) is 73.5 Å². The van der Waals surface area contributed by atoms with E-state index < -0.39 is 5.54 Å². The number of fused-ring (bicyclic) bond motifs is 2. The summed E-state index contributed by atoms with van der Waals surface area (Å²) in [5.41, 5.74) is 10.3. The van der Waals surface area contributed by atoms with Crippen LogP contribution in [-0.2, 0) is 6.54 Å². The number of benzene rings is 2. The molecule has 2 heterocycles. The van der Waals surface area contributed by atoms with Gasteiger partial charge < -0.3 is 21.1 Å². The second kappa shape index (κ2) is 11.8. The zero-order chi connectivity index (χ0) is 26.4. The Hall–Kier alpha value is -3.29. The molecule has 7 heteroatoms. The summed E-state index contributed by atoms with van der Waals surface area (Å²) in [6.07, 6.45) is 7.11. The van der Waals surface area contributed by atoms with Crippen molar-refractivity contribution in [3.63, 3.8) is 0 Å². The Balaban J connectivity index is 1.77. The van der Waals surface area contributed by atoms with Crippen LogP contribution >= 0.6 is 0 Å². The predicted molar refractivity (Wildman–Crippen MR) is 155 cm³/mol. The molecular formula is C30H40N6O. The summed E-state index contributed by atoms with van der Waals surface area (Å²) >= 11 is 0. The number of pyridine rings is 1. The summed E-state index contributed by atoms with van der Waals surface area (Å²) in [6.45, 7) is 8.25. The number of unbranched alkanes of at least 4 members (excludes halogenated alkanes) is 2. The molecule has 0 spiro atoms. The SMILES string of the molecule is CCCCN(C)Cc1cc2ccccc2cc1-c1cnc2c(N[C@@](C)(CO)CCCC)nc(N)nc2c1. The van der Waals surface area contributed by atoms with Crippen molar-refractivity contribution >= 4 is 33.6 Å². The highest BCUT2D eigenvalue weighted by atomic mass is 16.3. The number of nitrogen functional groups attached to an aromatic ring is 1. The van der Waals surface area contributed by atoms with Crippen LogP contribution in [0.2, 0.25) is 0 Å². The van der Waals surface area contributed by atoms with Gasteiger partial charge in [0.1, 0.15) is 5.52 Å². The number of nitrogens with zero attached hydrogens (tertiary/aromatic N) is 4. The van der Waals surface area contributed by atoms with E-state index in [9.17, 15) is 5.11 Å². The van der Waals surface area contributed by atoms with Crippen LogP contribution in [0.25, 0.3) is 32.9 Å². The molecule has 0 bridgehead atoms. The van der Waals surface area contributed by atoms with Crippen LogP contribution < -0.4 is 11.1 Å². The lowest BCUT2D eigenvalue weighted by Gasteiger charge is -2.29. The van der Waals surface area contributed by atoms with Gasteiger partial charge in [0.05, 0.1) is 17.7 Å². The van der Waals surface area contributed by atoms with Crippen molar-refractivity contribution in [3.05, 3.63) is 54.2 Å². The maximum atomic E-state index is 10.1. The van der Waals surface area contributed by atoms with Gasteiger partial charge >= 0.3 is 0 Å². The zero-order valence-electron chi connectivity index (χ0n) is 22.6. The van der Waals surface area contributed by atoms with Crippen molar-refractivity contribution in [1.29, 1.82) is 0 Å². The summed E-state index contributed by atoms with van der Waals surface area (Å²) in [7, 11) is 2.18. The van der Waals surface area contributed by atoms with Gasteiger partial charge in [-0.1, -0.05) is 57.4 Å². The number of hydrogen-bond acceptors (Lipinski definition) is 7. The average Bonchev–Trinajstić information content (AvgIpc) is 2.90. The Bertz CT molecular complexity index is 1360. The summed E-state index contributed by atoms with van der Waals surface area (Å²) in [4.78, 5) is 16.2. The first-order valence-electron chi connectivity index (χ1n) is 13.4. The van der Waals surface area contributed by atoms with Crippen molar-refractivity contribution in [2.24, 2.45) is 0 Å². The van der Waals surface area contributed by atoms with Crippen molar-refractivity contribution in [2.75, 3.05) is 31.2 Å². The molecule has 1 atom stereocenters. The van der Waals surface area contributed by atoms with E-state index in [4.69, 9.17) is 10.7 Å². The quantitative estimate of drug-likeness (QED) is 0.219. The zero-order valence-corrected chi connectivity index (χ0v) is 22.6. The third-order valence-corrected chi connectivity index (χ3v) is 7.02. The summed E-state index contributed by atoms with van der Waals surface area (Å²) in [6, 6.07) is 15.0. The average molecular weight is 501 g/mol. The molecule has 0 unspecified atom stereocenters.